The standard InChI is InChI=1S/C11H10N6O3/c1-6-2-3-7(15-14-6)10-13-8(20-16-10)5-17-9(18)4-12-11(17)19/h2-3H,4-5H2,1H3,(H,12,19). The number of imide groups is 1. The lowest BCUT2D eigenvalue weighted by Gasteiger charge is -2.07. The molecule has 2 aromatic heterocycles. The van der Waals surface area contributed by atoms with E-state index in [0.29, 0.717) is 5.69 Å². The Labute approximate surface area is 113 Å². The van der Waals surface area contributed by atoms with E-state index in [0.717, 1.165) is 10.6 Å². The predicted octanol–water partition coefficient (Wildman–Crippen LogP) is -0.113. The summed E-state index contributed by atoms with van der Waals surface area (Å²) in [6.45, 7) is 1.75. The van der Waals surface area contributed by atoms with Gasteiger partial charge in [0.1, 0.15) is 12.2 Å². The van der Waals surface area contributed by atoms with E-state index in [1.54, 1.807) is 12.1 Å². The number of rotatable bonds is 3. The van der Waals surface area contributed by atoms with Crippen LogP contribution in [0.4, 0.5) is 4.79 Å². The van der Waals surface area contributed by atoms with Crippen molar-refractivity contribution >= 4 is 11.9 Å². The first-order valence-electron chi connectivity index (χ1n) is 5.85. The number of nitrogens with zero attached hydrogens (tertiary/aromatic N) is 5. The highest BCUT2D eigenvalue weighted by molar-refractivity contribution is 6.01. The Morgan fingerprint density at radius 2 is 2.20 bits per heavy atom. The third-order valence-corrected chi connectivity index (χ3v) is 2.73. The SMILES string of the molecule is Cc1ccc(-c2noc(CN3C(=O)CNC3=O)n2)nn1. The zero-order valence-electron chi connectivity index (χ0n) is 10.5. The zero-order valence-corrected chi connectivity index (χ0v) is 10.5. The van der Waals surface area contributed by atoms with Gasteiger partial charge in [-0.05, 0) is 19.1 Å². The molecule has 20 heavy (non-hydrogen) atoms. The number of hydrogen-bond donors (Lipinski definition) is 1. The molecular weight excluding hydrogens is 264 g/mol. The van der Waals surface area contributed by atoms with Crippen molar-refractivity contribution in [2.24, 2.45) is 0 Å². The number of carbonyl (C=O) groups is 2. The van der Waals surface area contributed by atoms with Crippen LogP contribution in [0.25, 0.3) is 11.5 Å². The van der Waals surface area contributed by atoms with Crippen LogP contribution in [0.3, 0.4) is 0 Å². The topological polar surface area (TPSA) is 114 Å². The van der Waals surface area contributed by atoms with E-state index in [-0.39, 0.29) is 30.7 Å². The van der Waals surface area contributed by atoms with Gasteiger partial charge < -0.3 is 9.84 Å². The van der Waals surface area contributed by atoms with Crippen molar-refractivity contribution in [1.29, 1.82) is 0 Å². The summed E-state index contributed by atoms with van der Waals surface area (Å²) >= 11 is 0. The Morgan fingerprint density at radius 3 is 2.85 bits per heavy atom. The van der Waals surface area contributed by atoms with E-state index in [2.05, 4.69) is 25.7 Å². The van der Waals surface area contributed by atoms with Gasteiger partial charge in [-0.15, -0.1) is 5.10 Å². The molecule has 0 aromatic carbocycles. The molecule has 2 aromatic rings. The van der Waals surface area contributed by atoms with Gasteiger partial charge in [-0.3, -0.25) is 9.69 Å². The summed E-state index contributed by atoms with van der Waals surface area (Å²) < 4.78 is 5.01. The molecule has 1 saturated heterocycles. The average molecular weight is 274 g/mol. The number of nitrogens with one attached hydrogen (secondary N) is 1. The molecule has 0 spiro atoms. The van der Waals surface area contributed by atoms with E-state index < -0.39 is 6.03 Å². The summed E-state index contributed by atoms with van der Waals surface area (Å²) in [6, 6.07) is 3.02. The molecule has 0 atom stereocenters. The van der Waals surface area contributed by atoms with Crippen LogP contribution in [0.2, 0.25) is 0 Å². The van der Waals surface area contributed by atoms with Crippen LogP contribution >= 0.6 is 0 Å². The molecule has 0 saturated carbocycles. The summed E-state index contributed by atoms with van der Waals surface area (Å²) in [7, 11) is 0. The number of amides is 3. The lowest BCUT2D eigenvalue weighted by atomic mass is 10.3. The summed E-state index contributed by atoms with van der Waals surface area (Å²) in [5.74, 6) is 0.0946. The molecule has 0 unspecified atom stereocenters. The molecule has 1 N–H and O–H groups in total. The third-order valence-electron chi connectivity index (χ3n) is 2.73. The lowest BCUT2D eigenvalue weighted by molar-refractivity contribution is -0.125. The first kappa shape index (κ1) is 12.2. The molecular formula is C11H10N6O3. The van der Waals surface area contributed by atoms with Gasteiger partial charge in [-0.2, -0.15) is 10.1 Å². The molecule has 9 heteroatoms. The first-order valence-corrected chi connectivity index (χ1v) is 5.85. The Kier molecular flexibility index (Phi) is 2.86. The van der Waals surface area contributed by atoms with E-state index in [4.69, 9.17) is 4.52 Å². The van der Waals surface area contributed by atoms with Crippen molar-refractivity contribution in [3.05, 3.63) is 23.7 Å². The number of aryl methyl sites for hydroxylation is 1. The molecule has 0 radical (unpaired) electrons. The highest BCUT2D eigenvalue weighted by atomic mass is 16.5. The van der Waals surface area contributed by atoms with Crippen LogP contribution in [0.15, 0.2) is 16.7 Å². The van der Waals surface area contributed by atoms with Crippen molar-refractivity contribution in [3.63, 3.8) is 0 Å². The van der Waals surface area contributed by atoms with E-state index in [1.807, 2.05) is 6.92 Å². The fraction of sp³-hybridized carbons (Fsp3) is 0.273. The molecule has 0 aliphatic carbocycles. The van der Waals surface area contributed by atoms with Crippen molar-refractivity contribution in [2.45, 2.75) is 13.5 Å². The van der Waals surface area contributed by atoms with Gasteiger partial charge in [0.25, 0.3) is 5.91 Å². The number of hydrogen-bond acceptors (Lipinski definition) is 7. The van der Waals surface area contributed by atoms with E-state index in [9.17, 15) is 9.59 Å². The van der Waals surface area contributed by atoms with Gasteiger partial charge in [0.15, 0.2) is 0 Å². The second kappa shape index (κ2) is 4.68. The monoisotopic (exact) mass is 274 g/mol. The molecule has 1 aliphatic heterocycles. The molecule has 3 rings (SSSR count). The Balaban J connectivity index is 1.78. The van der Waals surface area contributed by atoms with Gasteiger partial charge in [-0.25, -0.2) is 4.79 Å². The van der Waals surface area contributed by atoms with Crippen molar-refractivity contribution in [2.75, 3.05) is 6.54 Å². The molecule has 1 fully saturated rings. The summed E-state index contributed by atoms with van der Waals surface area (Å²) in [4.78, 5) is 27.9. The summed E-state index contributed by atoms with van der Waals surface area (Å²) in [5, 5.41) is 14.0. The van der Waals surface area contributed by atoms with Crippen molar-refractivity contribution in [1.82, 2.24) is 30.6 Å². The maximum atomic E-state index is 11.4. The zero-order chi connectivity index (χ0) is 14.1. The van der Waals surface area contributed by atoms with Crippen LogP contribution < -0.4 is 5.32 Å². The molecule has 102 valence electrons. The maximum absolute atomic E-state index is 11.4. The fourth-order valence-corrected chi connectivity index (χ4v) is 1.69. The van der Waals surface area contributed by atoms with Gasteiger partial charge in [0, 0.05) is 0 Å². The fourth-order valence-electron chi connectivity index (χ4n) is 1.69. The molecule has 0 bridgehead atoms. The number of aromatic nitrogens is 4. The highest BCUT2D eigenvalue weighted by Gasteiger charge is 2.30. The highest BCUT2D eigenvalue weighted by Crippen LogP contribution is 2.14. The van der Waals surface area contributed by atoms with Crippen molar-refractivity contribution < 1.29 is 14.1 Å². The van der Waals surface area contributed by atoms with Gasteiger partial charge >= 0.3 is 6.03 Å². The van der Waals surface area contributed by atoms with Crippen LogP contribution in [0.5, 0.6) is 0 Å². The summed E-state index contributed by atoms with van der Waals surface area (Å²) in [5.41, 5.74) is 1.24. The Morgan fingerprint density at radius 1 is 1.35 bits per heavy atom. The lowest BCUT2D eigenvalue weighted by Crippen LogP contribution is -2.30. The number of carbonyl (C=O) groups excluding carboxylic acids is 2. The molecule has 3 heterocycles. The van der Waals surface area contributed by atoms with Crippen LogP contribution in [0.1, 0.15) is 11.6 Å². The Hall–Kier alpha value is -2.84. The number of urea groups is 1. The third kappa shape index (κ3) is 2.20. The van der Waals surface area contributed by atoms with Gasteiger partial charge in [0.2, 0.25) is 11.7 Å². The molecule has 1 aliphatic rings. The molecule has 9 nitrogen and oxygen atoms in total. The normalized spacial score (nSPS) is 14.8. The Bertz CT molecular complexity index is 649. The van der Waals surface area contributed by atoms with Crippen LogP contribution in [0, 0.1) is 6.92 Å². The maximum Gasteiger partial charge on any atom is 0.325 e. The average Bonchev–Trinajstić information content (AvgIpc) is 3.02. The van der Waals surface area contributed by atoms with Crippen LogP contribution in [-0.4, -0.2) is 43.7 Å². The minimum atomic E-state index is -0.468. The van der Waals surface area contributed by atoms with E-state index in [1.165, 1.54) is 0 Å². The van der Waals surface area contributed by atoms with Crippen LogP contribution in [-0.2, 0) is 11.3 Å². The van der Waals surface area contributed by atoms with Gasteiger partial charge in [0.05, 0.1) is 12.2 Å². The minimum Gasteiger partial charge on any atom is -0.337 e. The largest absolute Gasteiger partial charge is 0.337 e. The summed E-state index contributed by atoms with van der Waals surface area (Å²) in [6.07, 6.45) is 0. The second-order valence-electron chi connectivity index (χ2n) is 4.21. The second-order valence-corrected chi connectivity index (χ2v) is 4.21. The smallest absolute Gasteiger partial charge is 0.325 e. The molecule has 3 amide bonds. The van der Waals surface area contributed by atoms with Crippen molar-refractivity contribution in [3.8, 4) is 11.5 Å². The predicted molar refractivity (Wildman–Crippen MR) is 64.0 cm³/mol. The quantitative estimate of drug-likeness (QED) is 0.776. The first-order chi connectivity index (χ1) is 9.63. The minimum absolute atomic E-state index is 0.0106. The van der Waals surface area contributed by atoms with Gasteiger partial charge in [-0.1, -0.05) is 5.16 Å². The van der Waals surface area contributed by atoms with E-state index >= 15 is 0 Å².